The average molecular weight is 274 g/mol. The van der Waals surface area contributed by atoms with E-state index in [0.717, 1.165) is 39.0 Å². The highest BCUT2D eigenvalue weighted by atomic mass is 32.2. The maximum absolute atomic E-state index is 12.4. The van der Waals surface area contributed by atoms with Crippen molar-refractivity contribution in [2.24, 2.45) is 0 Å². The molecule has 7 heteroatoms. The third-order valence-electron chi connectivity index (χ3n) is 4.27. The molecule has 6 nitrogen and oxygen atoms in total. The second-order valence-corrected chi connectivity index (χ2v) is 7.29. The Labute approximate surface area is 109 Å². The van der Waals surface area contributed by atoms with Gasteiger partial charge in [-0.2, -0.15) is 17.0 Å². The van der Waals surface area contributed by atoms with Crippen LogP contribution in [0.5, 0.6) is 0 Å². The third-order valence-corrected chi connectivity index (χ3v) is 6.30. The number of hydrogen-bond acceptors (Lipinski definition) is 4. The van der Waals surface area contributed by atoms with Gasteiger partial charge in [0.2, 0.25) is 0 Å². The zero-order chi connectivity index (χ0) is 12.6. The van der Waals surface area contributed by atoms with Crippen LogP contribution in [-0.4, -0.2) is 80.3 Å². The van der Waals surface area contributed by atoms with E-state index in [2.05, 4.69) is 10.2 Å². The van der Waals surface area contributed by atoms with Crippen LogP contribution in [0, 0.1) is 0 Å². The molecule has 0 radical (unpaired) electrons. The molecule has 1 N–H and O–H groups in total. The lowest BCUT2D eigenvalue weighted by atomic mass is 10.1. The van der Waals surface area contributed by atoms with Gasteiger partial charge in [-0.15, -0.1) is 0 Å². The van der Waals surface area contributed by atoms with Crippen molar-refractivity contribution in [2.45, 2.75) is 18.9 Å². The summed E-state index contributed by atoms with van der Waals surface area (Å²) < 4.78 is 28.1. The van der Waals surface area contributed by atoms with Gasteiger partial charge in [0.25, 0.3) is 10.2 Å². The number of nitrogens with zero attached hydrogens (tertiary/aromatic N) is 3. The fourth-order valence-electron chi connectivity index (χ4n) is 2.91. The monoisotopic (exact) mass is 274 g/mol. The van der Waals surface area contributed by atoms with Crippen LogP contribution in [0.15, 0.2) is 0 Å². The van der Waals surface area contributed by atoms with E-state index in [0.29, 0.717) is 32.2 Å². The molecule has 0 saturated carbocycles. The second kappa shape index (κ2) is 5.05. The van der Waals surface area contributed by atoms with Gasteiger partial charge in [-0.05, 0) is 12.8 Å². The van der Waals surface area contributed by atoms with Gasteiger partial charge in [0, 0.05) is 58.4 Å². The van der Waals surface area contributed by atoms with Crippen molar-refractivity contribution in [1.29, 1.82) is 0 Å². The number of hydrogen-bond donors (Lipinski definition) is 1. The van der Waals surface area contributed by atoms with E-state index >= 15 is 0 Å². The Balaban J connectivity index is 1.58. The molecule has 0 aromatic carbocycles. The van der Waals surface area contributed by atoms with E-state index in [1.54, 1.807) is 8.61 Å². The first-order valence-corrected chi connectivity index (χ1v) is 8.27. The summed E-state index contributed by atoms with van der Waals surface area (Å²) in [6.45, 7) is 6.56. The molecule has 0 aromatic rings. The van der Waals surface area contributed by atoms with Gasteiger partial charge in [-0.1, -0.05) is 0 Å². The SMILES string of the molecule is O=S(=O)(N1CCCC1)N1CCN(C2CNC2)CC1. The lowest BCUT2D eigenvalue weighted by Gasteiger charge is -2.43. The summed E-state index contributed by atoms with van der Waals surface area (Å²) in [5.74, 6) is 0. The van der Waals surface area contributed by atoms with Crippen LogP contribution in [0.25, 0.3) is 0 Å². The van der Waals surface area contributed by atoms with Gasteiger partial charge in [-0.3, -0.25) is 4.90 Å². The van der Waals surface area contributed by atoms with Crippen LogP contribution in [0.2, 0.25) is 0 Å². The molecular formula is C11H22N4O2S. The first-order valence-electron chi connectivity index (χ1n) is 6.88. The van der Waals surface area contributed by atoms with Gasteiger partial charge >= 0.3 is 0 Å². The fraction of sp³-hybridized carbons (Fsp3) is 1.00. The van der Waals surface area contributed by atoms with Crippen molar-refractivity contribution in [3.63, 3.8) is 0 Å². The minimum absolute atomic E-state index is 0.627. The van der Waals surface area contributed by atoms with E-state index in [1.807, 2.05) is 0 Å². The fourth-order valence-corrected chi connectivity index (χ4v) is 4.58. The Morgan fingerprint density at radius 1 is 0.833 bits per heavy atom. The maximum Gasteiger partial charge on any atom is 0.282 e. The Morgan fingerprint density at radius 2 is 1.39 bits per heavy atom. The van der Waals surface area contributed by atoms with Crippen molar-refractivity contribution in [3.8, 4) is 0 Å². The quantitative estimate of drug-likeness (QED) is 0.711. The maximum atomic E-state index is 12.4. The molecule has 104 valence electrons. The highest BCUT2D eigenvalue weighted by Crippen LogP contribution is 2.19. The van der Waals surface area contributed by atoms with Crippen molar-refractivity contribution < 1.29 is 8.42 Å². The van der Waals surface area contributed by atoms with Crippen LogP contribution in [-0.2, 0) is 10.2 Å². The zero-order valence-corrected chi connectivity index (χ0v) is 11.5. The molecular weight excluding hydrogens is 252 g/mol. The largest absolute Gasteiger partial charge is 0.314 e. The molecule has 3 saturated heterocycles. The molecule has 0 spiro atoms. The van der Waals surface area contributed by atoms with E-state index < -0.39 is 10.2 Å². The first kappa shape index (κ1) is 12.8. The van der Waals surface area contributed by atoms with Crippen LogP contribution >= 0.6 is 0 Å². The van der Waals surface area contributed by atoms with Gasteiger partial charge < -0.3 is 5.32 Å². The van der Waals surface area contributed by atoms with Crippen LogP contribution in [0.4, 0.5) is 0 Å². The van der Waals surface area contributed by atoms with Crippen molar-refractivity contribution in [3.05, 3.63) is 0 Å². The molecule has 18 heavy (non-hydrogen) atoms. The summed E-state index contributed by atoms with van der Waals surface area (Å²) >= 11 is 0. The van der Waals surface area contributed by atoms with E-state index in [4.69, 9.17) is 0 Å². The second-order valence-electron chi connectivity index (χ2n) is 5.36. The first-order chi connectivity index (χ1) is 8.68. The summed E-state index contributed by atoms with van der Waals surface area (Å²) in [4.78, 5) is 2.41. The molecule has 3 aliphatic heterocycles. The molecule has 0 aromatic heterocycles. The van der Waals surface area contributed by atoms with Crippen molar-refractivity contribution in [2.75, 3.05) is 52.4 Å². The van der Waals surface area contributed by atoms with E-state index in [9.17, 15) is 8.42 Å². The Hall–Kier alpha value is -0.210. The highest BCUT2D eigenvalue weighted by molar-refractivity contribution is 7.86. The summed E-state index contributed by atoms with van der Waals surface area (Å²) in [6.07, 6.45) is 2.01. The van der Waals surface area contributed by atoms with E-state index in [-0.39, 0.29) is 0 Å². The number of piperazine rings is 1. The normalized spacial score (nSPS) is 29.6. The Kier molecular flexibility index (Phi) is 3.59. The minimum atomic E-state index is -3.18. The predicted molar refractivity (Wildman–Crippen MR) is 69.5 cm³/mol. The molecule has 3 fully saturated rings. The number of nitrogens with one attached hydrogen (secondary N) is 1. The smallest absolute Gasteiger partial charge is 0.282 e. The van der Waals surface area contributed by atoms with Gasteiger partial charge in [-0.25, -0.2) is 0 Å². The summed E-state index contributed by atoms with van der Waals surface area (Å²) in [6, 6.07) is 0.627. The third kappa shape index (κ3) is 2.30. The summed E-state index contributed by atoms with van der Waals surface area (Å²) in [5.41, 5.74) is 0. The number of rotatable bonds is 3. The molecule has 3 heterocycles. The summed E-state index contributed by atoms with van der Waals surface area (Å²) in [5, 5.41) is 3.26. The highest BCUT2D eigenvalue weighted by Gasteiger charge is 2.35. The predicted octanol–water partition coefficient (Wildman–Crippen LogP) is -1.08. The molecule has 0 unspecified atom stereocenters. The lowest BCUT2D eigenvalue weighted by Crippen LogP contribution is -2.62. The Bertz CT molecular complexity index is 382. The van der Waals surface area contributed by atoms with Gasteiger partial charge in [0.05, 0.1) is 0 Å². The molecule has 0 bridgehead atoms. The van der Waals surface area contributed by atoms with Crippen molar-refractivity contribution in [1.82, 2.24) is 18.8 Å². The summed E-state index contributed by atoms with van der Waals surface area (Å²) in [7, 11) is -3.18. The molecule has 0 atom stereocenters. The Morgan fingerprint density at radius 3 is 1.89 bits per heavy atom. The molecule has 3 rings (SSSR count). The van der Waals surface area contributed by atoms with Crippen LogP contribution in [0.1, 0.15) is 12.8 Å². The van der Waals surface area contributed by atoms with E-state index in [1.165, 1.54) is 0 Å². The van der Waals surface area contributed by atoms with Crippen LogP contribution in [0.3, 0.4) is 0 Å². The van der Waals surface area contributed by atoms with Crippen molar-refractivity contribution >= 4 is 10.2 Å². The molecule has 0 aliphatic carbocycles. The average Bonchev–Trinajstić information content (AvgIpc) is 2.81. The minimum Gasteiger partial charge on any atom is -0.314 e. The van der Waals surface area contributed by atoms with Crippen LogP contribution < -0.4 is 5.32 Å². The lowest BCUT2D eigenvalue weighted by molar-refractivity contribution is 0.101. The standard InChI is InChI=1S/C11H22N4O2S/c16-18(17,14-3-1-2-4-14)15-7-5-13(6-8-15)11-9-12-10-11/h11-12H,1-10H2. The molecule has 3 aliphatic rings. The topological polar surface area (TPSA) is 55.9 Å². The zero-order valence-electron chi connectivity index (χ0n) is 10.7. The van der Waals surface area contributed by atoms with Gasteiger partial charge in [0.15, 0.2) is 0 Å². The molecule has 0 amide bonds. The van der Waals surface area contributed by atoms with Gasteiger partial charge in [0.1, 0.15) is 0 Å².